The van der Waals surface area contributed by atoms with Crippen LogP contribution in [0.1, 0.15) is 45.4 Å². The lowest BCUT2D eigenvalue weighted by Crippen LogP contribution is -2.30. The summed E-state index contributed by atoms with van der Waals surface area (Å²) in [7, 11) is 0. The molecule has 0 fully saturated rings. The quantitative estimate of drug-likeness (QED) is 0.238. The number of unbranched alkanes of at least 4 members (excludes halogenated alkanes) is 2. The van der Waals surface area contributed by atoms with Gasteiger partial charge in [0.2, 0.25) is 5.91 Å². The Hall–Kier alpha value is -0.610. The van der Waals surface area contributed by atoms with E-state index in [9.17, 15) is 9.90 Å². The molecular weight excluding hydrogens is 168 g/mol. The van der Waals surface area contributed by atoms with E-state index in [-0.39, 0.29) is 12.0 Å². The lowest BCUT2D eigenvalue weighted by molar-refractivity contribution is -0.121. The zero-order valence-corrected chi connectivity index (χ0v) is 8.25. The van der Waals surface area contributed by atoms with Crippen LogP contribution in [0.25, 0.3) is 0 Å². The fourth-order valence-corrected chi connectivity index (χ4v) is 1.14. The highest BCUT2D eigenvalue weighted by Gasteiger charge is 2.06. The SMILES string of the molecule is CCCCCC(O)CCC(=O)NN. The zero-order valence-electron chi connectivity index (χ0n) is 8.25. The monoisotopic (exact) mass is 188 g/mol. The van der Waals surface area contributed by atoms with Crippen LogP contribution in [-0.2, 0) is 4.79 Å². The zero-order chi connectivity index (χ0) is 10.1. The normalized spacial score (nSPS) is 12.5. The molecule has 0 saturated carbocycles. The first-order chi connectivity index (χ1) is 6.20. The number of rotatable bonds is 7. The van der Waals surface area contributed by atoms with Gasteiger partial charge in [0.25, 0.3) is 0 Å². The van der Waals surface area contributed by atoms with Gasteiger partial charge < -0.3 is 5.11 Å². The Balaban J connectivity index is 3.29. The predicted molar refractivity (Wildman–Crippen MR) is 51.7 cm³/mol. The number of hydrogen-bond donors (Lipinski definition) is 3. The van der Waals surface area contributed by atoms with Crippen LogP contribution in [0.3, 0.4) is 0 Å². The molecule has 1 unspecified atom stereocenters. The standard InChI is InChI=1S/C9H20N2O2/c1-2-3-4-5-8(12)6-7-9(13)11-10/h8,12H,2-7,10H2,1H3,(H,11,13). The summed E-state index contributed by atoms with van der Waals surface area (Å²) < 4.78 is 0. The van der Waals surface area contributed by atoms with E-state index in [0.29, 0.717) is 12.8 Å². The maximum Gasteiger partial charge on any atom is 0.233 e. The van der Waals surface area contributed by atoms with Crippen LogP contribution in [0.2, 0.25) is 0 Å². The van der Waals surface area contributed by atoms with Gasteiger partial charge in [0.15, 0.2) is 0 Å². The van der Waals surface area contributed by atoms with Gasteiger partial charge in [-0.25, -0.2) is 5.84 Å². The van der Waals surface area contributed by atoms with Gasteiger partial charge in [-0.05, 0) is 12.8 Å². The van der Waals surface area contributed by atoms with Gasteiger partial charge in [0, 0.05) is 6.42 Å². The van der Waals surface area contributed by atoms with Gasteiger partial charge in [-0.3, -0.25) is 10.2 Å². The molecule has 1 atom stereocenters. The average Bonchev–Trinajstić information content (AvgIpc) is 2.14. The molecule has 0 aromatic carbocycles. The lowest BCUT2D eigenvalue weighted by atomic mass is 10.1. The summed E-state index contributed by atoms with van der Waals surface area (Å²) >= 11 is 0. The van der Waals surface area contributed by atoms with Crippen molar-refractivity contribution in [2.75, 3.05) is 0 Å². The summed E-state index contributed by atoms with van der Waals surface area (Å²) in [5, 5.41) is 9.40. The number of nitrogens with one attached hydrogen (secondary N) is 1. The van der Waals surface area contributed by atoms with E-state index < -0.39 is 0 Å². The van der Waals surface area contributed by atoms with E-state index in [1.807, 2.05) is 5.43 Å². The molecule has 0 spiro atoms. The Morgan fingerprint density at radius 2 is 2.15 bits per heavy atom. The molecule has 0 aliphatic rings. The molecule has 0 aliphatic heterocycles. The van der Waals surface area contributed by atoms with Crippen molar-refractivity contribution in [1.82, 2.24) is 5.43 Å². The third-order valence-corrected chi connectivity index (χ3v) is 2.01. The van der Waals surface area contributed by atoms with Gasteiger partial charge in [0.05, 0.1) is 6.10 Å². The van der Waals surface area contributed by atoms with Crippen molar-refractivity contribution in [3.8, 4) is 0 Å². The molecule has 1 amide bonds. The molecule has 0 radical (unpaired) electrons. The van der Waals surface area contributed by atoms with Crippen LogP contribution < -0.4 is 11.3 Å². The second-order valence-corrected chi connectivity index (χ2v) is 3.26. The minimum atomic E-state index is -0.358. The molecule has 4 heteroatoms. The van der Waals surface area contributed by atoms with Gasteiger partial charge in [0.1, 0.15) is 0 Å². The highest BCUT2D eigenvalue weighted by Crippen LogP contribution is 2.07. The maximum absolute atomic E-state index is 10.7. The molecule has 0 heterocycles. The fraction of sp³-hybridized carbons (Fsp3) is 0.889. The van der Waals surface area contributed by atoms with E-state index in [1.54, 1.807) is 0 Å². The molecule has 0 bridgehead atoms. The molecule has 0 aliphatic carbocycles. The molecule has 0 aromatic rings. The predicted octanol–water partition coefficient (Wildman–Crippen LogP) is 0.698. The summed E-state index contributed by atoms with van der Waals surface area (Å²) in [5.41, 5.74) is 2.04. The fourth-order valence-electron chi connectivity index (χ4n) is 1.14. The van der Waals surface area contributed by atoms with Crippen molar-refractivity contribution in [2.45, 2.75) is 51.6 Å². The number of aliphatic hydroxyl groups is 1. The molecule has 0 saturated heterocycles. The smallest absolute Gasteiger partial charge is 0.233 e. The van der Waals surface area contributed by atoms with Gasteiger partial charge in [-0.15, -0.1) is 0 Å². The van der Waals surface area contributed by atoms with Crippen LogP contribution in [0, 0.1) is 0 Å². The van der Waals surface area contributed by atoms with E-state index in [1.165, 1.54) is 0 Å². The van der Waals surface area contributed by atoms with Crippen LogP contribution in [0.4, 0.5) is 0 Å². The van der Waals surface area contributed by atoms with E-state index >= 15 is 0 Å². The number of nitrogens with two attached hydrogens (primary N) is 1. The van der Waals surface area contributed by atoms with E-state index in [2.05, 4.69) is 6.92 Å². The Bertz CT molecular complexity index is 140. The second-order valence-electron chi connectivity index (χ2n) is 3.26. The highest BCUT2D eigenvalue weighted by molar-refractivity contribution is 5.75. The van der Waals surface area contributed by atoms with Crippen molar-refractivity contribution >= 4 is 5.91 Å². The molecular formula is C9H20N2O2. The summed E-state index contributed by atoms with van der Waals surface area (Å²) in [6.45, 7) is 2.12. The Morgan fingerprint density at radius 3 is 2.69 bits per heavy atom. The maximum atomic E-state index is 10.7. The first-order valence-corrected chi connectivity index (χ1v) is 4.88. The van der Waals surface area contributed by atoms with Crippen LogP contribution in [0.5, 0.6) is 0 Å². The van der Waals surface area contributed by atoms with Crippen molar-refractivity contribution in [3.05, 3.63) is 0 Å². The molecule has 0 rings (SSSR count). The molecule has 13 heavy (non-hydrogen) atoms. The topological polar surface area (TPSA) is 75.3 Å². The summed E-state index contributed by atoms with van der Waals surface area (Å²) in [6, 6.07) is 0. The molecule has 4 nitrogen and oxygen atoms in total. The first kappa shape index (κ1) is 12.4. The molecule has 78 valence electrons. The van der Waals surface area contributed by atoms with Gasteiger partial charge in [-0.2, -0.15) is 0 Å². The Labute approximate surface area is 79.5 Å². The van der Waals surface area contributed by atoms with E-state index in [0.717, 1.165) is 25.7 Å². The van der Waals surface area contributed by atoms with Gasteiger partial charge >= 0.3 is 0 Å². The number of hydrogen-bond acceptors (Lipinski definition) is 3. The number of carbonyl (C=O) groups is 1. The lowest BCUT2D eigenvalue weighted by Gasteiger charge is -2.08. The number of carbonyl (C=O) groups excluding carboxylic acids is 1. The third kappa shape index (κ3) is 7.74. The minimum Gasteiger partial charge on any atom is -0.393 e. The minimum absolute atomic E-state index is 0.213. The largest absolute Gasteiger partial charge is 0.393 e. The van der Waals surface area contributed by atoms with Crippen molar-refractivity contribution in [3.63, 3.8) is 0 Å². The van der Waals surface area contributed by atoms with Crippen molar-refractivity contribution < 1.29 is 9.90 Å². The van der Waals surface area contributed by atoms with Crippen LogP contribution in [0.15, 0.2) is 0 Å². The molecule has 4 N–H and O–H groups in total. The second kappa shape index (κ2) is 8.01. The van der Waals surface area contributed by atoms with Crippen molar-refractivity contribution in [1.29, 1.82) is 0 Å². The van der Waals surface area contributed by atoms with Crippen LogP contribution >= 0.6 is 0 Å². The summed E-state index contributed by atoms with van der Waals surface area (Å²) in [5.74, 6) is 4.69. The average molecular weight is 188 g/mol. The highest BCUT2D eigenvalue weighted by atomic mass is 16.3. The number of amides is 1. The van der Waals surface area contributed by atoms with Gasteiger partial charge in [-0.1, -0.05) is 26.2 Å². The molecule has 0 aromatic heterocycles. The van der Waals surface area contributed by atoms with Crippen LogP contribution in [-0.4, -0.2) is 17.1 Å². The van der Waals surface area contributed by atoms with E-state index in [4.69, 9.17) is 5.84 Å². The Kier molecular flexibility index (Phi) is 7.63. The number of hydrazine groups is 1. The summed E-state index contributed by atoms with van der Waals surface area (Å²) in [6.07, 6.45) is 4.56. The summed E-state index contributed by atoms with van der Waals surface area (Å²) in [4.78, 5) is 10.7. The van der Waals surface area contributed by atoms with Crippen molar-refractivity contribution in [2.24, 2.45) is 5.84 Å². The third-order valence-electron chi connectivity index (χ3n) is 2.01. The first-order valence-electron chi connectivity index (χ1n) is 4.88. The Morgan fingerprint density at radius 1 is 1.46 bits per heavy atom. The number of aliphatic hydroxyl groups excluding tert-OH is 1.